The second kappa shape index (κ2) is 3.67. The lowest BCUT2D eigenvalue weighted by Gasteiger charge is -2.04. The third-order valence-electron chi connectivity index (χ3n) is 1.64. The molecule has 0 radical (unpaired) electrons. The molecular formula is C8H9N3O. The maximum atomic E-state index is 10.3. The Morgan fingerprint density at radius 3 is 3.08 bits per heavy atom. The summed E-state index contributed by atoms with van der Waals surface area (Å²) in [5.74, 6) is 0. The minimum atomic E-state index is -0.216. The van der Waals surface area contributed by atoms with E-state index in [1.165, 1.54) is 6.33 Å². The largest absolute Gasteiger partial charge is 0.320 e. The summed E-state index contributed by atoms with van der Waals surface area (Å²) in [6.07, 6.45) is 4.46. The van der Waals surface area contributed by atoms with E-state index in [9.17, 15) is 4.79 Å². The molecule has 1 rings (SSSR count). The van der Waals surface area contributed by atoms with E-state index >= 15 is 0 Å². The highest BCUT2D eigenvalue weighted by molar-refractivity contribution is 5.70. The molecular weight excluding hydrogens is 154 g/mol. The number of carbonyl (C=O) groups is 1. The van der Waals surface area contributed by atoms with E-state index in [2.05, 4.69) is 11.1 Å². The number of hydrogen-bond donors (Lipinski definition) is 0. The van der Waals surface area contributed by atoms with Gasteiger partial charge in [0.25, 0.3) is 0 Å². The molecule has 0 N–H and O–H groups in total. The normalized spacial score (nSPS) is 12.0. The lowest BCUT2D eigenvalue weighted by Crippen LogP contribution is -2.02. The predicted octanol–water partition coefficient (Wildman–Crippen LogP) is 1.17. The molecule has 0 aromatic carbocycles. The Bertz CT molecular complexity index is 310. The van der Waals surface area contributed by atoms with Crippen LogP contribution < -0.4 is 0 Å². The van der Waals surface area contributed by atoms with E-state index in [0.717, 1.165) is 0 Å². The Labute approximate surface area is 70.4 Å². The van der Waals surface area contributed by atoms with Crippen molar-refractivity contribution in [3.63, 3.8) is 0 Å². The van der Waals surface area contributed by atoms with Crippen LogP contribution in [-0.4, -0.2) is 15.8 Å². The highest BCUT2D eigenvalue weighted by Crippen LogP contribution is 2.09. The predicted molar refractivity (Wildman–Crippen MR) is 42.6 cm³/mol. The van der Waals surface area contributed by atoms with Crippen molar-refractivity contribution in [2.75, 3.05) is 0 Å². The molecule has 1 aromatic heterocycles. The monoisotopic (exact) mass is 163 g/mol. The maximum absolute atomic E-state index is 10.3. The fraction of sp³-hybridized carbons (Fsp3) is 0.375. The first-order valence-electron chi connectivity index (χ1n) is 3.70. The molecule has 0 aliphatic rings. The number of rotatable bonds is 3. The molecule has 1 heterocycles. The van der Waals surface area contributed by atoms with Gasteiger partial charge >= 0.3 is 0 Å². The molecule has 0 saturated carbocycles. The van der Waals surface area contributed by atoms with Gasteiger partial charge in [-0.25, -0.2) is 4.98 Å². The number of imidazole rings is 1. The van der Waals surface area contributed by atoms with Crippen molar-refractivity contribution >= 4 is 6.29 Å². The second-order valence-electron chi connectivity index (χ2n) is 2.42. The summed E-state index contributed by atoms with van der Waals surface area (Å²) in [6.45, 7) is 1.91. The first kappa shape index (κ1) is 8.47. The van der Waals surface area contributed by atoms with Gasteiger partial charge in [0.1, 0.15) is 11.7 Å². The first-order valence-corrected chi connectivity index (χ1v) is 3.70. The van der Waals surface area contributed by atoms with Gasteiger partial charge in [-0.05, 0) is 6.42 Å². The van der Waals surface area contributed by atoms with Crippen LogP contribution in [0.2, 0.25) is 0 Å². The Morgan fingerprint density at radius 1 is 1.92 bits per heavy atom. The van der Waals surface area contributed by atoms with Crippen molar-refractivity contribution in [2.24, 2.45) is 0 Å². The third kappa shape index (κ3) is 1.51. The van der Waals surface area contributed by atoms with E-state index in [0.29, 0.717) is 18.4 Å². The molecule has 0 bridgehead atoms. The molecule has 1 atom stereocenters. The van der Waals surface area contributed by atoms with Crippen LogP contribution in [0.5, 0.6) is 0 Å². The Hall–Kier alpha value is -1.63. The summed E-state index contributed by atoms with van der Waals surface area (Å²) in [5.41, 5.74) is 0.365. The highest BCUT2D eigenvalue weighted by atomic mass is 16.1. The third-order valence-corrected chi connectivity index (χ3v) is 1.64. The first-order chi connectivity index (χ1) is 5.81. The van der Waals surface area contributed by atoms with E-state index < -0.39 is 0 Å². The fourth-order valence-electron chi connectivity index (χ4n) is 0.953. The smallest absolute Gasteiger partial charge is 0.169 e. The van der Waals surface area contributed by atoms with Gasteiger partial charge in [-0.15, -0.1) is 0 Å². The van der Waals surface area contributed by atoms with Crippen LogP contribution in [-0.2, 0) is 0 Å². The zero-order valence-corrected chi connectivity index (χ0v) is 6.77. The van der Waals surface area contributed by atoms with Gasteiger partial charge < -0.3 is 4.57 Å². The van der Waals surface area contributed by atoms with Gasteiger partial charge in [0.05, 0.1) is 12.4 Å². The molecule has 0 aliphatic heterocycles. The number of hydrogen-bond acceptors (Lipinski definition) is 3. The van der Waals surface area contributed by atoms with E-state index in [4.69, 9.17) is 5.26 Å². The average molecular weight is 163 g/mol. The van der Waals surface area contributed by atoms with Gasteiger partial charge in [-0.3, -0.25) is 4.79 Å². The zero-order valence-electron chi connectivity index (χ0n) is 6.77. The van der Waals surface area contributed by atoms with E-state index in [1.54, 1.807) is 10.8 Å². The van der Waals surface area contributed by atoms with Crippen molar-refractivity contribution in [1.29, 1.82) is 5.26 Å². The zero-order chi connectivity index (χ0) is 8.97. The van der Waals surface area contributed by atoms with Crippen molar-refractivity contribution in [3.8, 4) is 6.07 Å². The van der Waals surface area contributed by atoms with Crippen molar-refractivity contribution in [3.05, 3.63) is 18.2 Å². The van der Waals surface area contributed by atoms with Gasteiger partial charge in [0.2, 0.25) is 0 Å². The summed E-state index contributed by atoms with van der Waals surface area (Å²) < 4.78 is 1.64. The van der Waals surface area contributed by atoms with Crippen molar-refractivity contribution in [2.45, 2.75) is 19.4 Å². The molecule has 1 aromatic rings. The number of nitrogens with zero attached hydrogens (tertiary/aromatic N) is 3. The molecule has 0 spiro atoms. The molecule has 0 fully saturated rings. The summed E-state index contributed by atoms with van der Waals surface area (Å²) >= 11 is 0. The average Bonchev–Trinajstić information content (AvgIpc) is 2.55. The van der Waals surface area contributed by atoms with Crippen molar-refractivity contribution in [1.82, 2.24) is 9.55 Å². The lowest BCUT2D eigenvalue weighted by atomic mass is 10.2. The molecule has 0 saturated heterocycles. The van der Waals surface area contributed by atoms with Gasteiger partial charge in [-0.1, -0.05) is 6.92 Å². The van der Waals surface area contributed by atoms with Gasteiger partial charge in [0.15, 0.2) is 6.29 Å². The van der Waals surface area contributed by atoms with Crippen LogP contribution in [0.3, 0.4) is 0 Å². The minimum absolute atomic E-state index is 0.216. The second-order valence-corrected chi connectivity index (χ2v) is 2.42. The molecule has 4 nitrogen and oxygen atoms in total. The van der Waals surface area contributed by atoms with Crippen LogP contribution in [0.1, 0.15) is 29.9 Å². The minimum Gasteiger partial charge on any atom is -0.320 e. The quantitative estimate of drug-likeness (QED) is 0.628. The molecule has 1 unspecified atom stereocenters. The Balaban J connectivity index is 2.88. The van der Waals surface area contributed by atoms with Crippen LogP contribution in [0.15, 0.2) is 12.5 Å². The van der Waals surface area contributed by atoms with Crippen LogP contribution in [0.4, 0.5) is 0 Å². The van der Waals surface area contributed by atoms with E-state index in [-0.39, 0.29) is 6.04 Å². The topological polar surface area (TPSA) is 58.7 Å². The van der Waals surface area contributed by atoms with Crippen LogP contribution in [0.25, 0.3) is 0 Å². The SMILES string of the molecule is CCC(C#N)n1cnc(C=O)c1. The molecule has 4 heteroatoms. The Morgan fingerprint density at radius 2 is 2.67 bits per heavy atom. The van der Waals surface area contributed by atoms with Crippen LogP contribution in [0, 0.1) is 11.3 Å². The Kier molecular flexibility index (Phi) is 2.59. The van der Waals surface area contributed by atoms with Gasteiger partial charge in [-0.2, -0.15) is 5.26 Å². The van der Waals surface area contributed by atoms with Gasteiger partial charge in [0, 0.05) is 6.20 Å². The number of aldehydes is 1. The molecule has 62 valence electrons. The maximum Gasteiger partial charge on any atom is 0.169 e. The summed E-state index contributed by atoms with van der Waals surface area (Å²) in [5, 5.41) is 8.67. The summed E-state index contributed by atoms with van der Waals surface area (Å²) in [4.78, 5) is 14.1. The van der Waals surface area contributed by atoms with Crippen LogP contribution >= 0.6 is 0 Å². The highest BCUT2D eigenvalue weighted by Gasteiger charge is 2.06. The molecule has 12 heavy (non-hydrogen) atoms. The number of aromatic nitrogens is 2. The summed E-state index contributed by atoms with van der Waals surface area (Å²) in [7, 11) is 0. The standard InChI is InChI=1S/C8H9N3O/c1-2-8(3-9)11-4-7(5-12)10-6-11/h4-6,8H,2H2,1H3. The number of carbonyl (C=O) groups excluding carboxylic acids is 1. The van der Waals surface area contributed by atoms with Crippen molar-refractivity contribution < 1.29 is 4.79 Å². The van der Waals surface area contributed by atoms with E-state index in [1.807, 2.05) is 6.92 Å². The summed E-state index contributed by atoms with van der Waals surface area (Å²) in [6, 6.07) is 1.90. The number of nitriles is 1. The molecule has 0 aliphatic carbocycles. The molecule has 0 amide bonds. The fourth-order valence-corrected chi connectivity index (χ4v) is 0.953. The lowest BCUT2D eigenvalue weighted by molar-refractivity contribution is 0.111.